The summed E-state index contributed by atoms with van der Waals surface area (Å²) in [5.74, 6) is -1.25. The van der Waals surface area contributed by atoms with Crippen molar-refractivity contribution in [2.45, 2.75) is 37.5 Å². The van der Waals surface area contributed by atoms with Crippen LogP contribution in [0.25, 0.3) is 10.9 Å². The smallest absolute Gasteiger partial charge is 0.335 e. The van der Waals surface area contributed by atoms with Gasteiger partial charge in [-0.15, -0.1) is 0 Å². The van der Waals surface area contributed by atoms with Crippen LogP contribution in [0.4, 0.5) is 0 Å². The molecule has 0 saturated heterocycles. The number of sulfonamides is 1. The largest absolute Gasteiger partial charge is 0.478 e. The summed E-state index contributed by atoms with van der Waals surface area (Å²) in [6.45, 7) is 0.157. The van der Waals surface area contributed by atoms with Gasteiger partial charge in [0.25, 0.3) is 0 Å². The molecule has 6 aromatic rings. The van der Waals surface area contributed by atoms with Gasteiger partial charge in [0.05, 0.1) is 17.4 Å². The van der Waals surface area contributed by atoms with Crippen molar-refractivity contribution in [1.82, 2.24) is 9.29 Å². The lowest BCUT2D eigenvalue weighted by molar-refractivity contribution is 0.0697. The van der Waals surface area contributed by atoms with Gasteiger partial charge in [-0.05, 0) is 95.6 Å². The Morgan fingerprint density at radius 1 is 0.740 bits per heavy atom. The van der Waals surface area contributed by atoms with Crippen LogP contribution in [0.3, 0.4) is 0 Å². The van der Waals surface area contributed by atoms with E-state index in [4.69, 9.17) is 34.8 Å². The summed E-state index contributed by atoms with van der Waals surface area (Å²) in [5.41, 5.74) is 7.00. The van der Waals surface area contributed by atoms with Crippen molar-refractivity contribution in [2.24, 2.45) is 0 Å². The molecule has 6 nitrogen and oxygen atoms in total. The monoisotopic (exact) mass is 744 g/mol. The zero-order chi connectivity index (χ0) is 35.3. The summed E-state index contributed by atoms with van der Waals surface area (Å²) in [5, 5.41) is 11.7. The van der Waals surface area contributed by atoms with Crippen molar-refractivity contribution < 1.29 is 18.3 Å². The molecule has 0 aliphatic heterocycles. The molecule has 50 heavy (non-hydrogen) atoms. The molecule has 6 rings (SSSR count). The number of hydrogen-bond acceptors (Lipinski definition) is 3. The number of carboxylic acid groups (broad SMARTS) is 1. The summed E-state index contributed by atoms with van der Waals surface area (Å²) in [6, 6.07) is 38.0. The predicted octanol–water partition coefficient (Wildman–Crippen LogP) is 9.77. The van der Waals surface area contributed by atoms with Crippen LogP contribution in [-0.2, 0) is 35.0 Å². The lowest BCUT2D eigenvalue weighted by Gasteiger charge is -2.25. The lowest BCUT2D eigenvalue weighted by atomic mass is 9.97. The average Bonchev–Trinajstić information content (AvgIpc) is 3.39. The van der Waals surface area contributed by atoms with E-state index in [-0.39, 0.29) is 23.9 Å². The number of carboxylic acids is 1. The Hall–Kier alpha value is -4.11. The number of nitrogens with one attached hydrogen (secondary N) is 1. The SMILES string of the molecule is O=C(O)c1ccc(CCCc2c(CCNS(=O)(=O)Cc3cc(Cl)ccc3Cl)n(C(c3ccccc3)c3ccccc3)c3ccc(Cl)cc23)cc1. The molecule has 5 aromatic carbocycles. The second kappa shape index (κ2) is 15.8. The predicted molar refractivity (Wildman–Crippen MR) is 203 cm³/mol. The normalized spacial score (nSPS) is 11.8. The van der Waals surface area contributed by atoms with Crippen molar-refractivity contribution in [1.29, 1.82) is 0 Å². The number of aryl methyl sites for hydroxylation is 2. The maximum Gasteiger partial charge on any atom is 0.335 e. The Bertz CT molecular complexity index is 2180. The molecule has 0 spiro atoms. The highest BCUT2D eigenvalue weighted by atomic mass is 35.5. The van der Waals surface area contributed by atoms with Crippen LogP contribution >= 0.6 is 34.8 Å². The number of nitrogens with zero attached hydrogens (tertiary/aromatic N) is 1. The van der Waals surface area contributed by atoms with Gasteiger partial charge in [0.15, 0.2) is 0 Å². The Balaban J connectivity index is 1.40. The van der Waals surface area contributed by atoms with Crippen LogP contribution < -0.4 is 4.72 Å². The Kier molecular flexibility index (Phi) is 11.3. The van der Waals surface area contributed by atoms with E-state index >= 15 is 0 Å². The van der Waals surface area contributed by atoms with Crippen molar-refractivity contribution >= 4 is 61.7 Å². The second-order valence-electron chi connectivity index (χ2n) is 12.2. The summed E-state index contributed by atoms with van der Waals surface area (Å²) in [6.07, 6.45) is 2.63. The van der Waals surface area contributed by atoms with Crippen LogP contribution in [0.15, 0.2) is 121 Å². The van der Waals surface area contributed by atoms with Gasteiger partial charge >= 0.3 is 5.97 Å². The lowest BCUT2D eigenvalue weighted by Crippen LogP contribution is -2.28. The maximum absolute atomic E-state index is 13.3. The Morgan fingerprint density at radius 2 is 1.36 bits per heavy atom. The van der Waals surface area contributed by atoms with Crippen molar-refractivity contribution in [3.8, 4) is 0 Å². The molecule has 2 N–H and O–H groups in total. The first-order valence-electron chi connectivity index (χ1n) is 16.2. The van der Waals surface area contributed by atoms with Crippen LogP contribution in [0, 0.1) is 0 Å². The molecule has 0 unspecified atom stereocenters. The molecule has 256 valence electrons. The van der Waals surface area contributed by atoms with Crippen LogP contribution in [0.5, 0.6) is 0 Å². The molecule has 0 saturated carbocycles. The number of aromatic carboxylic acids is 1. The molecule has 0 radical (unpaired) electrons. The van der Waals surface area contributed by atoms with Crippen LogP contribution in [-0.4, -0.2) is 30.6 Å². The van der Waals surface area contributed by atoms with Crippen LogP contribution in [0.1, 0.15) is 56.3 Å². The minimum absolute atomic E-state index is 0.157. The second-order valence-corrected chi connectivity index (χ2v) is 15.3. The number of fused-ring (bicyclic) bond motifs is 1. The molecule has 1 aromatic heterocycles. The van der Waals surface area contributed by atoms with E-state index in [9.17, 15) is 18.3 Å². The van der Waals surface area contributed by atoms with Gasteiger partial charge in [0, 0.05) is 44.6 Å². The molecule has 0 aliphatic rings. The number of hydrogen-bond donors (Lipinski definition) is 2. The third-order valence-corrected chi connectivity index (χ3v) is 11.0. The van der Waals surface area contributed by atoms with E-state index in [1.807, 2.05) is 66.7 Å². The molecule has 1 heterocycles. The minimum Gasteiger partial charge on any atom is -0.478 e. The van der Waals surface area contributed by atoms with Gasteiger partial charge in [-0.3, -0.25) is 0 Å². The molecule has 10 heteroatoms. The van der Waals surface area contributed by atoms with Crippen LogP contribution in [0.2, 0.25) is 15.1 Å². The Labute approximate surface area is 307 Å². The molecular weight excluding hydrogens is 711 g/mol. The molecule has 0 aliphatic carbocycles. The van der Waals surface area contributed by atoms with E-state index in [1.165, 1.54) is 0 Å². The number of halogens is 3. The van der Waals surface area contributed by atoms with E-state index in [1.54, 1.807) is 30.3 Å². The fourth-order valence-electron chi connectivity index (χ4n) is 6.53. The number of aromatic nitrogens is 1. The van der Waals surface area contributed by atoms with Gasteiger partial charge in [-0.2, -0.15) is 0 Å². The Morgan fingerprint density at radius 3 is 2.00 bits per heavy atom. The van der Waals surface area contributed by atoms with E-state index in [0.717, 1.165) is 51.7 Å². The number of carbonyl (C=O) groups is 1. The van der Waals surface area contributed by atoms with Gasteiger partial charge in [0.1, 0.15) is 0 Å². The highest BCUT2D eigenvalue weighted by Gasteiger charge is 2.26. The van der Waals surface area contributed by atoms with E-state index in [0.29, 0.717) is 33.5 Å². The standard InChI is InChI=1S/C40H35Cl3N2O4S/c41-32-18-20-36(43)31(24-32)26-50(48,49)44-23-22-38-34(13-7-8-27-14-16-30(17-15-27)40(46)47)35-25-33(42)19-21-37(35)45(38)39(28-9-3-1-4-10-28)29-11-5-2-6-12-29/h1-6,9-12,14-21,24-25,39,44H,7-8,13,22-23,26H2,(H,46,47). The topological polar surface area (TPSA) is 88.4 Å². The van der Waals surface area contributed by atoms with E-state index < -0.39 is 16.0 Å². The quantitative estimate of drug-likeness (QED) is 0.116. The third kappa shape index (κ3) is 8.43. The first-order chi connectivity index (χ1) is 24.1. The van der Waals surface area contributed by atoms with Crippen molar-refractivity contribution in [3.63, 3.8) is 0 Å². The first-order valence-corrected chi connectivity index (χ1v) is 19.0. The molecule has 0 fully saturated rings. The highest BCUT2D eigenvalue weighted by molar-refractivity contribution is 7.88. The van der Waals surface area contributed by atoms with Gasteiger partial charge in [-0.25, -0.2) is 17.9 Å². The van der Waals surface area contributed by atoms with E-state index in [2.05, 4.69) is 33.6 Å². The zero-order valence-electron chi connectivity index (χ0n) is 27.0. The number of benzene rings is 5. The molecule has 0 bridgehead atoms. The molecule has 0 amide bonds. The number of rotatable bonds is 14. The van der Waals surface area contributed by atoms with Crippen molar-refractivity contribution in [2.75, 3.05) is 6.54 Å². The summed E-state index contributed by atoms with van der Waals surface area (Å²) in [7, 11) is -3.76. The fraction of sp³-hybridized carbons (Fsp3) is 0.175. The molecule has 0 atom stereocenters. The van der Waals surface area contributed by atoms with Gasteiger partial charge < -0.3 is 9.67 Å². The highest BCUT2D eigenvalue weighted by Crippen LogP contribution is 2.38. The van der Waals surface area contributed by atoms with Crippen molar-refractivity contribution in [3.05, 3.63) is 175 Å². The fourth-order valence-corrected chi connectivity index (χ4v) is 8.32. The summed E-state index contributed by atoms with van der Waals surface area (Å²) in [4.78, 5) is 11.4. The maximum atomic E-state index is 13.3. The van der Waals surface area contributed by atoms with Gasteiger partial charge in [-0.1, -0.05) is 108 Å². The zero-order valence-corrected chi connectivity index (χ0v) is 30.1. The third-order valence-electron chi connectivity index (χ3n) is 8.80. The summed E-state index contributed by atoms with van der Waals surface area (Å²) < 4.78 is 31.8. The minimum atomic E-state index is -3.76. The summed E-state index contributed by atoms with van der Waals surface area (Å²) >= 11 is 19.1. The average molecular weight is 746 g/mol. The first kappa shape index (κ1) is 35.7. The van der Waals surface area contributed by atoms with Gasteiger partial charge in [0.2, 0.25) is 10.0 Å². The molecular formula is C40H35Cl3N2O4S.